The lowest BCUT2D eigenvalue weighted by atomic mass is 10.2. The smallest absolute Gasteiger partial charge is 0.257 e. The van der Waals surface area contributed by atoms with Gasteiger partial charge in [-0.15, -0.1) is 0 Å². The number of pyridine rings is 1. The van der Waals surface area contributed by atoms with Crippen LogP contribution >= 0.6 is 0 Å². The highest BCUT2D eigenvalue weighted by molar-refractivity contribution is 6.04. The molecule has 0 saturated carbocycles. The summed E-state index contributed by atoms with van der Waals surface area (Å²) >= 11 is 0. The number of hydrogen-bond acceptors (Lipinski definition) is 3. The van der Waals surface area contributed by atoms with Gasteiger partial charge in [-0.25, -0.2) is 13.8 Å². The number of rotatable bonds is 2. The van der Waals surface area contributed by atoms with Crippen molar-refractivity contribution >= 4 is 17.4 Å². The molecule has 0 aliphatic rings. The molecule has 0 unspecified atom stereocenters. The van der Waals surface area contributed by atoms with Crippen molar-refractivity contribution < 1.29 is 13.6 Å². The second kappa shape index (κ2) is 4.79. The first-order valence-electron chi connectivity index (χ1n) is 5.05. The van der Waals surface area contributed by atoms with E-state index in [1.165, 1.54) is 30.5 Å². The molecule has 0 saturated heterocycles. The van der Waals surface area contributed by atoms with Gasteiger partial charge in [0.25, 0.3) is 5.91 Å². The van der Waals surface area contributed by atoms with Crippen LogP contribution in [0, 0.1) is 11.6 Å². The summed E-state index contributed by atoms with van der Waals surface area (Å²) in [5, 5.41) is 2.25. The molecule has 0 spiro atoms. The number of nitrogens with zero attached hydrogens (tertiary/aromatic N) is 1. The van der Waals surface area contributed by atoms with Crippen LogP contribution in [0.25, 0.3) is 0 Å². The normalized spacial score (nSPS) is 10.1. The number of halogens is 2. The zero-order chi connectivity index (χ0) is 13.1. The third-order valence-electron chi connectivity index (χ3n) is 2.25. The first-order chi connectivity index (χ1) is 8.58. The Morgan fingerprint density at radius 1 is 1.22 bits per heavy atom. The highest BCUT2D eigenvalue weighted by Crippen LogP contribution is 2.17. The summed E-state index contributed by atoms with van der Waals surface area (Å²) in [7, 11) is 0. The number of nitrogens with two attached hydrogens (primary N) is 1. The minimum atomic E-state index is -1.10. The number of nitrogen functional groups attached to an aromatic ring is 1. The van der Waals surface area contributed by atoms with Crippen molar-refractivity contribution in [2.75, 3.05) is 11.1 Å². The van der Waals surface area contributed by atoms with Crippen LogP contribution < -0.4 is 11.1 Å². The Bertz CT molecular complexity index is 584. The van der Waals surface area contributed by atoms with Crippen molar-refractivity contribution in [3.8, 4) is 0 Å². The number of benzene rings is 1. The summed E-state index contributed by atoms with van der Waals surface area (Å²) in [5.41, 5.74) is 5.35. The van der Waals surface area contributed by atoms with Crippen LogP contribution in [0.5, 0.6) is 0 Å². The summed E-state index contributed by atoms with van der Waals surface area (Å²) < 4.78 is 26.2. The van der Waals surface area contributed by atoms with E-state index < -0.39 is 17.5 Å². The van der Waals surface area contributed by atoms with Crippen LogP contribution in [-0.2, 0) is 0 Å². The zero-order valence-electron chi connectivity index (χ0n) is 9.15. The summed E-state index contributed by atoms with van der Waals surface area (Å²) in [6.45, 7) is 0. The molecule has 0 atom stereocenters. The number of hydrogen-bond donors (Lipinski definition) is 2. The topological polar surface area (TPSA) is 68.0 Å². The van der Waals surface area contributed by atoms with E-state index in [0.717, 1.165) is 6.07 Å². The molecule has 0 bridgehead atoms. The number of carbonyl (C=O) groups excluding carboxylic acids is 1. The molecule has 3 N–H and O–H groups in total. The molecule has 1 aromatic carbocycles. The van der Waals surface area contributed by atoms with E-state index in [4.69, 9.17) is 5.73 Å². The second-order valence-electron chi connectivity index (χ2n) is 3.53. The Balaban J connectivity index is 2.21. The molecule has 2 rings (SSSR count). The van der Waals surface area contributed by atoms with Crippen molar-refractivity contribution in [3.05, 3.63) is 53.7 Å². The number of aromatic nitrogens is 1. The van der Waals surface area contributed by atoms with Crippen LogP contribution in [0.4, 0.5) is 20.3 Å². The van der Waals surface area contributed by atoms with Gasteiger partial charge in [0.2, 0.25) is 0 Å². The van der Waals surface area contributed by atoms with Gasteiger partial charge in [0.05, 0.1) is 11.3 Å². The van der Waals surface area contributed by atoms with Gasteiger partial charge in [-0.1, -0.05) is 6.07 Å². The van der Waals surface area contributed by atoms with E-state index in [1.54, 1.807) is 0 Å². The van der Waals surface area contributed by atoms with E-state index in [1.807, 2.05) is 0 Å². The van der Waals surface area contributed by atoms with Crippen LogP contribution in [0.3, 0.4) is 0 Å². The summed E-state index contributed by atoms with van der Waals surface area (Å²) in [6.07, 6.45) is 1.25. The summed E-state index contributed by atoms with van der Waals surface area (Å²) in [6, 6.07) is 6.41. The maximum Gasteiger partial charge on any atom is 0.257 e. The molecular formula is C12H9F2N3O. The van der Waals surface area contributed by atoms with Gasteiger partial charge in [-0.2, -0.15) is 0 Å². The fourth-order valence-corrected chi connectivity index (χ4v) is 1.33. The third kappa shape index (κ3) is 2.42. The molecule has 0 fully saturated rings. The molecule has 92 valence electrons. The van der Waals surface area contributed by atoms with Crippen LogP contribution in [-0.4, -0.2) is 10.9 Å². The van der Waals surface area contributed by atoms with E-state index in [2.05, 4.69) is 10.3 Å². The van der Waals surface area contributed by atoms with Crippen LogP contribution in [0.2, 0.25) is 0 Å². The lowest BCUT2D eigenvalue weighted by molar-refractivity contribution is 0.102. The Morgan fingerprint density at radius 3 is 2.67 bits per heavy atom. The fourth-order valence-electron chi connectivity index (χ4n) is 1.33. The molecule has 1 heterocycles. The van der Waals surface area contributed by atoms with Crippen molar-refractivity contribution in [1.29, 1.82) is 0 Å². The molecule has 6 heteroatoms. The minimum absolute atomic E-state index is 0.202. The van der Waals surface area contributed by atoms with E-state index in [-0.39, 0.29) is 17.1 Å². The van der Waals surface area contributed by atoms with Crippen molar-refractivity contribution in [1.82, 2.24) is 4.98 Å². The molecule has 4 nitrogen and oxygen atoms in total. The Labute approximate surface area is 101 Å². The van der Waals surface area contributed by atoms with Gasteiger partial charge in [-0.3, -0.25) is 4.79 Å². The molecular weight excluding hydrogens is 240 g/mol. The molecule has 1 amide bonds. The van der Waals surface area contributed by atoms with Gasteiger partial charge in [0.1, 0.15) is 5.82 Å². The highest BCUT2D eigenvalue weighted by atomic mass is 19.2. The molecule has 0 radical (unpaired) electrons. The third-order valence-corrected chi connectivity index (χ3v) is 2.25. The van der Waals surface area contributed by atoms with E-state index in [0.29, 0.717) is 0 Å². The predicted octanol–water partition coefficient (Wildman–Crippen LogP) is 2.19. The largest absolute Gasteiger partial charge is 0.384 e. The molecule has 0 aliphatic heterocycles. The molecule has 2 aromatic rings. The highest BCUT2D eigenvalue weighted by Gasteiger charge is 2.12. The van der Waals surface area contributed by atoms with Crippen molar-refractivity contribution in [3.63, 3.8) is 0 Å². The second-order valence-corrected chi connectivity index (χ2v) is 3.53. The Hall–Kier alpha value is -2.50. The van der Waals surface area contributed by atoms with Gasteiger partial charge in [0.15, 0.2) is 11.6 Å². The summed E-state index contributed by atoms with van der Waals surface area (Å²) in [4.78, 5) is 15.4. The van der Waals surface area contributed by atoms with E-state index in [9.17, 15) is 13.6 Å². The predicted molar refractivity (Wildman–Crippen MR) is 63.0 cm³/mol. The van der Waals surface area contributed by atoms with Gasteiger partial charge in [0, 0.05) is 6.20 Å². The lowest BCUT2D eigenvalue weighted by Gasteiger charge is -2.06. The quantitative estimate of drug-likeness (QED) is 0.857. The standard InChI is InChI=1S/C12H9F2N3O/c13-8-2-1-3-9(11(8)14)17-12(18)7-4-5-10(15)16-6-7/h1-6H,(H2,15,16)(H,17,18). The van der Waals surface area contributed by atoms with Crippen LogP contribution in [0.15, 0.2) is 36.5 Å². The fraction of sp³-hybridized carbons (Fsp3) is 0. The zero-order valence-corrected chi connectivity index (χ0v) is 9.15. The van der Waals surface area contributed by atoms with Crippen LogP contribution in [0.1, 0.15) is 10.4 Å². The average Bonchev–Trinajstić information content (AvgIpc) is 2.36. The Morgan fingerprint density at radius 2 is 2.00 bits per heavy atom. The first kappa shape index (κ1) is 12.0. The van der Waals surface area contributed by atoms with Crippen molar-refractivity contribution in [2.45, 2.75) is 0 Å². The maximum absolute atomic E-state index is 13.3. The SMILES string of the molecule is Nc1ccc(C(=O)Nc2cccc(F)c2F)cn1. The minimum Gasteiger partial charge on any atom is -0.384 e. The lowest BCUT2D eigenvalue weighted by Crippen LogP contribution is -2.13. The summed E-state index contributed by atoms with van der Waals surface area (Å²) in [5.74, 6) is -2.45. The van der Waals surface area contributed by atoms with Crippen molar-refractivity contribution in [2.24, 2.45) is 0 Å². The number of carbonyl (C=O) groups is 1. The van der Waals surface area contributed by atoms with E-state index >= 15 is 0 Å². The van der Waals surface area contributed by atoms with Gasteiger partial charge >= 0.3 is 0 Å². The maximum atomic E-state index is 13.3. The Kier molecular flexibility index (Phi) is 3.18. The number of anilines is 2. The van der Waals surface area contributed by atoms with Gasteiger partial charge in [-0.05, 0) is 24.3 Å². The molecule has 0 aliphatic carbocycles. The molecule has 18 heavy (non-hydrogen) atoms. The number of nitrogens with one attached hydrogen (secondary N) is 1. The number of amides is 1. The monoisotopic (exact) mass is 249 g/mol. The average molecular weight is 249 g/mol. The van der Waals surface area contributed by atoms with Gasteiger partial charge < -0.3 is 11.1 Å². The molecule has 1 aromatic heterocycles. The first-order valence-corrected chi connectivity index (χ1v) is 5.05.